The molecule has 1 fully saturated rings. The highest BCUT2D eigenvalue weighted by molar-refractivity contribution is 7.99. The Bertz CT molecular complexity index is 787. The zero-order chi connectivity index (χ0) is 19.4. The second-order valence-corrected chi connectivity index (χ2v) is 8.02. The highest BCUT2D eigenvalue weighted by Crippen LogP contribution is 2.26. The summed E-state index contributed by atoms with van der Waals surface area (Å²) in [5, 5.41) is 9.16. The number of primary amides is 1. The summed E-state index contributed by atoms with van der Waals surface area (Å²) in [6, 6.07) is 3.14. The molecule has 9 heteroatoms. The Kier molecular flexibility index (Phi) is 6.20. The molecule has 8 nitrogen and oxygen atoms in total. The van der Waals surface area contributed by atoms with E-state index in [2.05, 4.69) is 24.0 Å². The lowest BCUT2D eigenvalue weighted by atomic mass is 10.0. The van der Waals surface area contributed by atoms with Crippen LogP contribution in [0.3, 0.4) is 0 Å². The van der Waals surface area contributed by atoms with Crippen LogP contribution in [0.15, 0.2) is 28.0 Å². The molecule has 0 bridgehead atoms. The van der Waals surface area contributed by atoms with Crippen LogP contribution >= 0.6 is 11.8 Å². The van der Waals surface area contributed by atoms with E-state index in [9.17, 15) is 9.59 Å². The van der Waals surface area contributed by atoms with E-state index >= 15 is 0 Å². The molecule has 0 spiro atoms. The molecule has 1 unspecified atom stereocenters. The number of nitrogens with two attached hydrogens (primary N) is 1. The molecule has 2 aromatic heterocycles. The van der Waals surface area contributed by atoms with Crippen molar-refractivity contribution in [2.75, 3.05) is 12.3 Å². The first kappa shape index (κ1) is 19.5. The van der Waals surface area contributed by atoms with Crippen LogP contribution in [0.2, 0.25) is 0 Å². The smallest absolute Gasteiger partial charge is 0.240 e. The normalized spacial score (nSPS) is 17.4. The maximum atomic E-state index is 12.7. The van der Waals surface area contributed by atoms with Gasteiger partial charge in [-0.1, -0.05) is 25.6 Å². The predicted octanol–water partition coefficient (Wildman–Crippen LogP) is 2.15. The van der Waals surface area contributed by atoms with Gasteiger partial charge in [0.15, 0.2) is 16.7 Å². The second kappa shape index (κ2) is 8.60. The lowest BCUT2D eigenvalue weighted by Crippen LogP contribution is -2.51. The lowest BCUT2D eigenvalue weighted by Gasteiger charge is -2.33. The topological polar surface area (TPSA) is 107 Å². The highest BCUT2D eigenvalue weighted by Gasteiger charge is 2.30. The minimum Gasteiger partial charge on any atom is -0.461 e. The van der Waals surface area contributed by atoms with Crippen LogP contribution in [-0.2, 0) is 16.1 Å². The summed E-state index contributed by atoms with van der Waals surface area (Å²) in [6.07, 6.45) is 4.05. The standard InChI is InChI=1S/C18H25N5O3S/c1-12(2)10-23-17(14-7-5-9-26-14)20-21-18(23)27-11-15(24)22-8-4-3-6-13(22)16(19)25/h5,7,9,12-13H,3-4,6,8,10-11H2,1-2H3,(H2,19,25). The SMILES string of the molecule is CC(C)Cn1c(SCC(=O)N2CCCCC2C(N)=O)nnc1-c1ccco1. The minimum atomic E-state index is -0.501. The Morgan fingerprint density at radius 3 is 2.85 bits per heavy atom. The molecule has 3 heterocycles. The number of carbonyl (C=O) groups excluding carboxylic acids is 2. The average Bonchev–Trinajstić information content (AvgIpc) is 3.29. The Morgan fingerprint density at radius 1 is 1.37 bits per heavy atom. The summed E-state index contributed by atoms with van der Waals surface area (Å²) in [4.78, 5) is 25.9. The molecule has 2 amide bonds. The van der Waals surface area contributed by atoms with Gasteiger partial charge in [0.1, 0.15) is 6.04 Å². The Morgan fingerprint density at radius 2 is 2.19 bits per heavy atom. The molecule has 1 atom stereocenters. The van der Waals surface area contributed by atoms with Crippen molar-refractivity contribution in [2.24, 2.45) is 11.7 Å². The van der Waals surface area contributed by atoms with Gasteiger partial charge in [-0.15, -0.1) is 10.2 Å². The molecule has 2 aromatic rings. The third-order valence-corrected chi connectivity index (χ3v) is 5.43. The maximum Gasteiger partial charge on any atom is 0.240 e. The molecule has 1 aliphatic rings. The molecule has 1 saturated heterocycles. The van der Waals surface area contributed by atoms with Crippen LogP contribution in [0.4, 0.5) is 0 Å². The predicted molar refractivity (Wildman–Crippen MR) is 102 cm³/mol. The number of thioether (sulfide) groups is 1. The number of carbonyl (C=O) groups is 2. The molecular weight excluding hydrogens is 366 g/mol. The van der Waals surface area contributed by atoms with Gasteiger partial charge in [-0.2, -0.15) is 0 Å². The Labute approximate surface area is 162 Å². The quantitative estimate of drug-likeness (QED) is 0.725. The van der Waals surface area contributed by atoms with Crippen LogP contribution in [0.25, 0.3) is 11.6 Å². The van der Waals surface area contributed by atoms with Gasteiger partial charge in [0.05, 0.1) is 12.0 Å². The zero-order valence-corrected chi connectivity index (χ0v) is 16.4. The number of hydrogen-bond donors (Lipinski definition) is 1. The van der Waals surface area contributed by atoms with E-state index in [4.69, 9.17) is 10.2 Å². The average molecular weight is 391 g/mol. The van der Waals surface area contributed by atoms with Gasteiger partial charge >= 0.3 is 0 Å². The van der Waals surface area contributed by atoms with Crippen molar-refractivity contribution in [1.29, 1.82) is 0 Å². The first-order valence-corrected chi connectivity index (χ1v) is 10.1. The first-order valence-electron chi connectivity index (χ1n) is 9.16. The Balaban J connectivity index is 1.73. The largest absolute Gasteiger partial charge is 0.461 e. The fourth-order valence-electron chi connectivity index (χ4n) is 3.25. The van der Waals surface area contributed by atoms with Gasteiger partial charge in [0, 0.05) is 13.1 Å². The number of nitrogens with zero attached hydrogens (tertiary/aromatic N) is 4. The van der Waals surface area contributed by atoms with E-state index in [1.807, 2.05) is 10.6 Å². The van der Waals surface area contributed by atoms with E-state index < -0.39 is 11.9 Å². The van der Waals surface area contributed by atoms with Crippen molar-refractivity contribution >= 4 is 23.6 Å². The number of furan rings is 1. The summed E-state index contributed by atoms with van der Waals surface area (Å²) >= 11 is 1.33. The molecule has 146 valence electrons. The number of hydrogen-bond acceptors (Lipinski definition) is 6. The molecule has 0 radical (unpaired) electrons. The van der Waals surface area contributed by atoms with Gasteiger partial charge in [-0.3, -0.25) is 14.2 Å². The number of aromatic nitrogens is 3. The van der Waals surface area contributed by atoms with Gasteiger partial charge in [0.2, 0.25) is 11.8 Å². The van der Waals surface area contributed by atoms with Gasteiger partial charge in [-0.05, 0) is 37.3 Å². The summed E-state index contributed by atoms with van der Waals surface area (Å²) in [5.74, 6) is 1.34. The third kappa shape index (κ3) is 4.52. The summed E-state index contributed by atoms with van der Waals surface area (Å²) in [6.45, 7) is 5.50. The molecule has 27 heavy (non-hydrogen) atoms. The molecule has 0 aliphatic carbocycles. The molecule has 0 aromatic carbocycles. The lowest BCUT2D eigenvalue weighted by molar-refractivity contribution is -0.138. The van der Waals surface area contributed by atoms with Gasteiger partial charge in [-0.25, -0.2) is 0 Å². The summed E-state index contributed by atoms with van der Waals surface area (Å²) < 4.78 is 7.43. The van der Waals surface area contributed by atoms with E-state index in [1.54, 1.807) is 17.2 Å². The van der Waals surface area contributed by atoms with Crippen molar-refractivity contribution in [3.05, 3.63) is 18.4 Å². The minimum absolute atomic E-state index is 0.0952. The fourth-order valence-corrected chi connectivity index (χ4v) is 4.08. The monoisotopic (exact) mass is 391 g/mol. The van der Waals surface area contributed by atoms with E-state index in [-0.39, 0.29) is 11.7 Å². The van der Waals surface area contributed by atoms with Gasteiger partial charge < -0.3 is 15.1 Å². The molecule has 3 rings (SSSR count). The first-order chi connectivity index (χ1) is 13.0. The number of amides is 2. The van der Waals surface area contributed by atoms with Crippen molar-refractivity contribution in [3.63, 3.8) is 0 Å². The van der Waals surface area contributed by atoms with Crippen LogP contribution in [0, 0.1) is 5.92 Å². The van der Waals surface area contributed by atoms with Crippen molar-refractivity contribution < 1.29 is 14.0 Å². The van der Waals surface area contributed by atoms with Crippen LogP contribution in [0.5, 0.6) is 0 Å². The van der Waals surface area contributed by atoms with Crippen molar-refractivity contribution in [3.8, 4) is 11.6 Å². The third-order valence-electron chi connectivity index (χ3n) is 4.48. The van der Waals surface area contributed by atoms with E-state index in [0.717, 1.165) is 12.8 Å². The second-order valence-electron chi connectivity index (χ2n) is 7.08. The fraction of sp³-hybridized carbons (Fsp3) is 0.556. The maximum absolute atomic E-state index is 12.7. The van der Waals surface area contributed by atoms with Crippen LogP contribution in [-0.4, -0.2) is 49.8 Å². The van der Waals surface area contributed by atoms with Crippen molar-refractivity contribution in [1.82, 2.24) is 19.7 Å². The summed E-state index contributed by atoms with van der Waals surface area (Å²) in [5.41, 5.74) is 5.46. The Hall–Kier alpha value is -2.29. The van der Waals surface area contributed by atoms with E-state index in [1.165, 1.54) is 11.8 Å². The molecule has 2 N–H and O–H groups in total. The molecular formula is C18H25N5O3S. The number of rotatable bonds is 7. The molecule has 0 saturated carbocycles. The number of piperidine rings is 1. The van der Waals surface area contributed by atoms with Crippen molar-refractivity contribution in [2.45, 2.75) is 50.9 Å². The number of likely N-dealkylation sites (tertiary alicyclic amines) is 1. The van der Waals surface area contributed by atoms with Gasteiger partial charge in [0.25, 0.3) is 0 Å². The zero-order valence-electron chi connectivity index (χ0n) is 15.6. The van der Waals surface area contributed by atoms with E-state index in [0.29, 0.717) is 42.2 Å². The summed E-state index contributed by atoms with van der Waals surface area (Å²) in [7, 11) is 0. The van der Waals surface area contributed by atoms with Crippen LogP contribution < -0.4 is 5.73 Å². The molecule has 1 aliphatic heterocycles. The van der Waals surface area contributed by atoms with Crippen LogP contribution in [0.1, 0.15) is 33.1 Å². The highest BCUT2D eigenvalue weighted by atomic mass is 32.2.